The topological polar surface area (TPSA) is 174 Å². The molecule has 2 amide bonds. The standard InChI is InChI=1S/C35H40ClN5O7S/c1-2-49(45,46)40-26-16-12-23(13-17-26)19-32(42)41-21-27(47-22-24-10-14-25(36)15-11-24)20-30(41)34(44)38-29(8-5-6-18-37)33(43)35-39-28-7-3-4-9-31(28)48-35/h3-4,7,9-17,27,29-30,40H,2,5-6,8,18-22,37H2,1H3,(H,38,44)/t27-,29+,30+/m1/s1. The second-order valence-electron chi connectivity index (χ2n) is 11.9. The highest BCUT2D eigenvalue weighted by molar-refractivity contribution is 7.92. The molecule has 5 rings (SSSR count). The number of carbonyl (C=O) groups is 3. The van der Waals surface area contributed by atoms with Crippen molar-refractivity contribution < 1.29 is 32.0 Å². The minimum Gasteiger partial charge on any atom is -0.434 e. The molecule has 260 valence electrons. The summed E-state index contributed by atoms with van der Waals surface area (Å²) in [5.41, 5.74) is 8.61. The number of unbranched alkanes of at least 4 members (excludes halogenated alkanes) is 1. The van der Waals surface area contributed by atoms with E-state index in [1.807, 2.05) is 12.1 Å². The van der Waals surface area contributed by atoms with Gasteiger partial charge in [-0.1, -0.05) is 48.0 Å². The van der Waals surface area contributed by atoms with Crippen LogP contribution in [0.2, 0.25) is 5.02 Å². The Labute approximate surface area is 290 Å². The van der Waals surface area contributed by atoms with Crippen molar-refractivity contribution in [2.45, 2.75) is 63.8 Å². The van der Waals surface area contributed by atoms with E-state index in [2.05, 4.69) is 15.0 Å². The van der Waals surface area contributed by atoms with Crippen molar-refractivity contribution >= 4 is 56.0 Å². The molecule has 14 heteroatoms. The Bertz CT molecular complexity index is 1830. The van der Waals surface area contributed by atoms with Gasteiger partial charge in [0, 0.05) is 23.7 Å². The summed E-state index contributed by atoms with van der Waals surface area (Å²) in [5, 5.41) is 3.49. The van der Waals surface area contributed by atoms with Crippen molar-refractivity contribution in [2.75, 3.05) is 23.6 Å². The molecule has 12 nitrogen and oxygen atoms in total. The third-order valence-corrected chi connectivity index (χ3v) is 9.89. The largest absolute Gasteiger partial charge is 0.434 e. The third-order valence-electron chi connectivity index (χ3n) is 8.33. The van der Waals surface area contributed by atoms with Gasteiger partial charge in [0.25, 0.3) is 5.89 Å². The second-order valence-corrected chi connectivity index (χ2v) is 14.4. The molecule has 4 N–H and O–H groups in total. The van der Waals surface area contributed by atoms with Crippen molar-refractivity contribution in [3.05, 3.63) is 94.8 Å². The van der Waals surface area contributed by atoms with Gasteiger partial charge >= 0.3 is 0 Å². The highest BCUT2D eigenvalue weighted by Crippen LogP contribution is 2.25. The number of amides is 2. The minimum absolute atomic E-state index is 0.0315. The molecule has 0 saturated carbocycles. The van der Waals surface area contributed by atoms with Crippen LogP contribution in [0.1, 0.15) is 54.4 Å². The van der Waals surface area contributed by atoms with Crippen LogP contribution in [-0.4, -0.2) is 72.9 Å². The molecule has 1 fully saturated rings. The number of nitrogens with two attached hydrogens (primary N) is 1. The number of benzene rings is 3. The first kappa shape index (κ1) is 36.0. The first-order valence-electron chi connectivity index (χ1n) is 16.2. The number of anilines is 1. The summed E-state index contributed by atoms with van der Waals surface area (Å²) in [6.45, 7) is 2.39. The number of carbonyl (C=O) groups excluding carboxylic acids is 3. The molecule has 1 aliphatic heterocycles. The van der Waals surface area contributed by atoms with Gasteiger partial charge < -0.3 is 25.1 Å². The number of sulfonamides is 1. The minimum atomic E-state index is -3.45. The van der Waals surface area contributed by atoms with Crippen LogP contribution < -0.4 is 15.8 Å². The summed E-state index contributed by atoms with van der Waals surface area (Å²) in [5.74, 6) is -1.44. The Morgan fingerprint density at radius 3 is 2.45 bits per heavy atom. The molecular formula is C35H40ClN5O7S. The van der Waals surface area contributed by atoms with E-state index in [-0.39, 0.29) is 43.5 Å². The van der Waals surface area contributed by atoms with Crippen molar-refractivity contribution in [1.29, 1.82) is 0 Å². The number of aromatic nitrogens is 1. The van der Waals surface area contributed by atoms with Crippen LogP contribution >= 0.6 is 11.6 Å². The number of halogens is 1. The average Bonchev–Trinajstić information content (AvgIpc) is 3.73. The van der Waals surface area contributed by atoms with Crippen LogP contribution in [0.15, 0.2) is 77.2 Å². The molecule has 0 aliphatic carbocycles. The molecule has 1 aliphatic rings. The SMILES string of the molecule is CCS(=O)(=O)Nc1ccc(CC(=O)N2C[C@H](OCc3ccc(Cl)cc3)C[C@H]2C(=O)N[C@@H](CCCCN)C(=O)c2nc3ccccc3o2)cc1. The number of para-hydroxylation sites is 2. The van der Waals surface area contributed by atoms with Crippen LogP contribution in [-0.2, 0) is 37.4 Å². The van der Waals surface area contributed by atoms with E-state index in [4.69, 9.17) is 26.5 Å². The van der Waals surface area contributed by atoms with Crippen LogP contribution in [0, 0.1) is 0 Å². The van der Waals surface area contributed by atoms with Gasteiger partial charge in [0.15, 0.2) is 5.58 Å². The molecule has 0 spiro atoms. The fraction of sp³-hybridized carbons (Fsp3) is 0.371. The van der Waals surface area contributed by atoms with E-state index >= 15 is 0 Å². The lowest BCUT2D eigenvalue weighted by atomic mass is 10.0. The number of nitrogens with one attached hydrogen (secondary N) is 2. The van der Waals surface area contributed by atoms with Gasteiger partial charge in [-0.15, -0.1) is 0 Å². The van der Waals surface area contributed by atoms with E-state index in [9.17, 15) is 22.8 Å². The number of rotatable bonds is 16. The molecule has 49 heavy (non-hydrogen) atoms. The second kappa shape index (κ2) is 16.4. The predicted molar refractivity (Wildman–Crippen MR) is 187 cm³/mol. The number of likely N-dealkylation sites (tertiary alicyclic amines) is 1. The molecule has 1 aromatic heterocycles. The van der Waals surface area contributed by atoms with Gasteiger partial charge in [0.2, 0.25) is 27.6 Å². The van der Waals surface area contributed by atoms with E-state index in [0.717, 1.165) is 5.56 Å². The maximum absolute atomic E-state index is 14.0. The van der Waals surface area contributed by atoms with Crippen LogP contribution in [0.4, 0.5) is 5.69 Å². The van der Waals surface area contributed by atoms with Gasteiger partial charge in [0.05, 0.1) is 30.9 Å². The highest BCUT2D eigenvalue weighted by atomic mass is 35.5. The number of hydrogen-bond acceptors (Lipinski definition) is 9. The zero-order chi connectivity index (χ0) is 35.0. The summed E-state index contributed by atoms with van der Waals surface area (Å²) in [6.07, 6.45) is 1.28. The van der Waals surface area contributed by atoms with Crippen molar-refractivity contribution in [2.24, 2.45) is 5.73 Å². The number of hydrogen-bond donors (Lipinski definition) is 3. The molecule has 0 radical (unpaired) electrons. The van der Waals surface area contributed by atoms with Gasteiger partial charge in [-0.3, -0.25) is 19.1 Å². The summed E-state index contributed by atoms with van der Waals surface area (Å²) in [7, 11) is -3.45. The quantitative estimate of drug-likeness (QED) is 0.112. The van der Waals surface area contributed by atoms with Crippen molar-refractivity contribution in [3.63, 3.8) is 0 Å². The Morgan fingerprint density at radius 2 is 1.76 bits per heavy atom. The number of ether oxygens (including phenoxy) is 1. The summed E-state index contributed by atoms with van der Waals surface area (Å²) in [4.78, 5) is 47.2. The fourth-order valence-corrected chi connectivity index (χ4v) is 6.38. The molecule has 1 saturated heterocycles. The first-order chi connectivity index (χ1) is 23.5. The van der Waals surface area contributed by atoms with Crippen LogP contribution in [0.25, 0.3) is 11.1 Å². The molecule has 0 bridgehead atoms. The van der Waals surface area contributed by atoms with Gasteiger partial charge in [0.1, 0.15) is 11.6 Å². The summed E-state index contributed by atoms with van der Waals surface area (Å²) < 4.78 is 38.3. The molecular weight excluding hydrogens is 670 g/mol. The predicted octanol–water partition coefficient (Wildman–Crippen LogP) is 4.47. The fourth-order valence-electron chi connectivity index (χ4n) is 5.61. The van der Waals surface area contributed by atoms with E-state index < -0.39 is 39.9 Å². The average molecular weight is 710 g/mol. The van der Waals surface area contributed by atoms with Gasteiger partial charge in [-0.2, -0.15) is 0 Å². The van der Waals surface area contributed by atoms with Crippen molar-refractivity contribution in [3.8, 4) is 0 Å². The number of ketones is 1. The van der Waals surface area contributed by atoms with E-state index in [1.165, 1.54) is 4.90 Å². The highest BCUT2D eigenvalue weighted by Gasteiger charge is 2.41. The molecule has 4 aromatic rings. The number of Topliss-reactive ketones (excluding diaryl/α,β-unsaturated/α-hetero) is 1. The van der Waals surface area contributed by atoms with E-state index in [1.54, 1.807) is 67.6 Å². The summed E-state index contributed by atoms with van der Waals surface area (Å²) in [6, 6.07) is 18.9. The Hall–Kier alpha value is -4.30. The third kappa shape index (κ3) is 9.66. The first-order valence-corrected chi connectivity index (χ1v) is 18.2. The maximum atomic E-state index is 14.0. The lowest BCUT2D eigenvalue weighted by Gasteiger charge is -2.26. The molecule has 2 heterocycles. The molecule has 3 aromatic carbocycles. The Morgan fingerprint density at radius 1 is 1.04 bits per heavy atom. The Balaban J connectivity index is 1.33. The number of fused-ring (bicyclic) bond motifs is 1. The zero-order valence-corrected chi connectivity index (χ0v) is 28.7. The van der Waals surface area contributed by atoms with Crippen LogP contribution in [0.3, 0.4) is 0 Å². The Kier molecular flexibility index (Phi) is 12.0. The van der Waals surface area contributed by atoms with Crippen LogP contribution in [0.5, 0.6) is 0 Å². The monoisotopic (exact) mass is 709 g/mol. The number of nitrogens with zero attached hydrogens (tertiary/aromatic N) is 2. The normalized spacial score (nSPS) is 16.8. The maximum Gasteiger partial charge on any atom is 0.266 e. The lowest BCUT2D eigenvalue weighted by molar-refractivity contribution is -0.138. The van der Waals surface area contributed by atoms with E-state index in [0.29, 0.717) is 53.2 Å². The molecule has 0 unspecified atom stereocenters. The molecule has 3 atom stereocenters. The lowest BCUT2D eigenvalue weighted by Crippen LogP contribution is -2.51. The number of oxazole rings is 1. The zero-order valence-electron chi connectivity index (χ0n) is 27.1. The van der Waals surface area contributed by atoms with Gasteiger partial charge in [-0.25, -0.2) is 13.4 Å². The smallest absolute Gasteiger partial charge is 0.266 e. The van der Waals surface area contributed by atoms with Gasteiger partial charge in [-0.05, 0) is 80.3 Å². The summed E-state index contributed by atoms with van der Waals surface area (Å²) >= 11 is 6.02. The van der Waals surface area contributed by atoms with Crippen molar-refractivity contribution in [1.82, 2.24) is 15.2 Å².